The third-order valence-electron chi connectivity index (χ3n) is 3.06. The third-order valence-corrected chi connectivity index (χ3v) is 6.03. The fraction of sp³-hybridized carbons (Fsp3) is 0.538. The van der Waals surface area contributed by atoms with Crippen LogP contribution < -0.4 is 5.73 Å². The van der Waals surface area contributed by atoms with E-state index in [-0.39, 0.29) is 0 Å². The van der Waals surface area contributed by atoms with E-state index in [9.17, 15) is 4.21 Å². The smallest absolute Gasteiger partial charge is 0.0312 e. The molecule has 2 N–H and O–H groups in total. The van der Waals surface area contributed by atoms with Crippen molar-refractivity contribution in [2.24, 2.45) is 11.7 Å². The quantitative estimate of drug-likeness (QED) is 0.891. The van der Waals surface area contributed by atoms with Crippen LogP contribution in [0.3, 0.4) is 0 Å². The van der Waals surface area contributed by atoms with Gasteiger partial charge in [-0.3, -0.25) is 4.21 Å². The Balaban J connectivity index is 1.95. The van der Waals surface area contributed by atoms with E-state index in [0.29, 0.717) is 18.4 Å². The van der Waals surface area contributed by atoms with Gasteiger partial charge in [0.2, 0.25) is 0 Å². The molecule has 0 aliphatic carbocycles. The van der Waals surface area contributed by atoms with Crippen LogP contribution >= 0.6 is 11.8 Å². The average Bonchev–Trinajstić information content (AvgIpc) is 2.72. The topological polar surface area (TPSA) is 43.1 Å². The molecule has 4 heteroatoms. The van der Waals surface area contributed by atoms with Crippen LogP contribution in [0.15, 0.2) is 29.2 Å². The van der Waals surface area contributed by atoms with Gasteiger partial charge in [-0.05, 0) is 24.1 Å². The monoisotopic (exact) mass is 269 g/mol. The summed E-state index contributed by atoms with van der Waals surface area (Å²) < 4.78 is 12.0. The molecule has 17 heavy (non-hydrogen) atoms. The van der Waals surface area contributed by atoms with Gasteiger partial charge in [0.15, 0.2) is 0 Å². The van der Waals surface area contributed by atoms with Crippen LogP contribution in [0.2, 0.25) is 0 Å². The summed E-state index contributed by atoms with van der Waals surface area (Å²) in [5.74, 6) is 3.41. The zero-order valence-electron chi connectivity index (χ0n) is 10.1. The lowest BCUT2D eigenvalue weighted by Gasteiger charge is -2.12. The molecule has 0 fully saturated rings. The predicted octanol–water partition coefficient (Wildman–Crippen LogP) is 2.22. The lowest BCUT2D eigenvalue weighted by Crippen LogP contribution is -2.21. The first-order valence-electron chi connectivity index (χ1n) is 5.97. The second kappa shape index (κ2) is 6.03. The molecule has 0 amide bonds. The molecule has 0 saturated carbocycles. The van der Waals surface area contributed by atoms with Crippen molar-refractivity contribution in [2.75, 3.05) is 23.8 Å². The van der Waals surface area contributed by atoms with Crippen LogP contribution in [-0.2, 0) is 10.8 Å². The van der Waals surface area contributed by atoms with E-state index in [1.807, 2.05) is 11.8 Å². The second-order valence-electron chi connectivity index (χ2n) is 4.66. The van der Waals surface area contributed by atoms with Crippen LogP contribution in [0, 0.1) is 5.92 Å². The highest BCUT2D eigenvalue weighted by Crippen LogP contribution is 2.39. The molecule has 2 nitrogen and oxygen atoms in total. The average molecular weight is 269 g/mol. The molecule has 0 saturated heterocycles. The van der Waals surface area contributed by atoms with Crippen molar-refractivity contribution in [1.82, 2.24) is 0 Å². The molecule has 3 atom stereocenters. The van der Waals surface area contributed by atoms with Gasteiger partial charge in [0.05, 0.1) is 0 Å². The molecule has 2 rings (SSSR count). The van der Waals surface area contributed by atoms with Crippen molar-refractivity contribution in [3.8, 4) is 0 Å². The summed E-state index contributed by atoms with van der Waals surface area (Å²) in [6.07, 6.45) is 0. The fourth-order valence-electron chi connectivity index (χ4n) is 2.05. The summed E-state index contributed by atoms with van der Waals surface area (Å²) in [6.45, 7) is 2.69. The van der Waals surface area contributed by atoms with Gasteiger partial charge in [0.25, 0.3) is 0 Å². The molecule has 0 spiro atoms. The summed E-state index contributed by atoms with van der Waals surface area (Å²) >= 11 is 1.88. The zero-order chi connectivity index (χ0) is 12.3. The normalized spacial score (nSPS) is 22.1. The Hall–Kier alpha value is -0.320. The van der Waals surface area contributed by atoms with Crippen LogP contribution in [-0.4, -0.2) is 28.0 Å². The molecular formula is C13H19NOS2. The van der Waals surface area contributed by atoms with Crippen molar-refractivity contribution in [2.45, 2.75) is 17.7 Å². The van der Waals surface area contributed by atoms with Gasteiger partial charge in [-0.15, -0.1) is 11.8 Å². The van der Waals surface area contributed by atoms with E-state index in [2.05, 4.69) is 31.2 Å². The van der Waals surface area contributed by atoms with E-state index in [4.69, 9.17) is 5.73 Å². The molecule has 3 unspecified atom stereocenters. The minimum absolute atomic E-state index is 0.361. The van der Waals surface area contributed by atoms with Crippen LogP contribution in [0.4, 0.5) is 0 Å². The van der Waals surface area contributed by atoms with Gasteiger partial charge in [-0.2, -0.15) is 0 Å². The summed E-state index contributed by atoms with van der Waals surface area (Å²) in [5.41, 5.74) is 6.95. The largest absolute Gasteiger partial charge is 0.330 e. The van der Waals surface area contributed by atoms with Gasteiger partial charge < -0.3 is 5.73 Å². The Bertz CT molecular complexity index is 408. The van der Waals surface area contributed by atoms with E-state index in [1.165, 1.54) is 10.5 Å². The Labute approximate surface area is 110 Å². The maximum atomic E-state index is 12.0. The van der Waals surface area contributed by atoms with Gasteiger partial charge in [0, 0.05) is 38.9 Å². The van der Waals surface area contributed by atoms with Gasteiger partial charge in [0.1, 0.15) is 0 Å². The Morgan fingerprint density at radius 3 is 3.06 bits per heavy atom. The highest BCUT2D eigenvalue weighted by Gasteiger charge is 2.24. The molecule has 1 aromatic carbocycles. The number of benzene rings is 1. The maximum absolute atomic E-state index is 12.0. The van der Waals surface area contributed by atoms with Gasteiger partial charge in [-0.25, -0.2) is 0 Å². The number of hydrogen-bond acceptors (Lipinski definition) is 3. The molecule has 0 bridgehead atoms. The zero-order valence-corrected chi connectivity index (χ0v) is 11.7. The highest BCUT2D eigenvalue weighted by atomic mass is 32.2. The lowest BCUT2D eigenvalue weighted by molar-refractivity contribution is 0.637. The fourth-order valence-corrected chi connectivity index (χ4v) is 5.10. The first-order valence-corrected chi connectivity index (χ1v) is 8.45. The summed E-state index contributed by atoms with van der Waals surface area (Å²) in [4.78, 5) is 1.36. The van der Waals surface area contributed by atoms with Crippen molar-refractivity contribution in [3.63, 3.8) is 0 Å². The highest BCUT2D eigenvalue weighted by molar-refractivity contribution is 7.99. The number of nitrogens with two attached hydrogens (primary N) is 1. The number of hydrogen-bond donors (Lipinski definition) is 1. The number of fused-ring (bicyclic) bond motifs is 1. The maximum Gasteiger partial charge on any atom is 0.0312 e. The van der Waals surface area contributed by atoms with E-state index < -0.39 is 10.8 Å². The molecule has 0 aromatic heterocycles. The van der Waals surface area contributed by atoms with E-state index >= 15 is 0 Å². The molecule has 0 radical (unpaired) electrons. The molecule has 94 valence electrons. The Kier molecular flexibility index (Phi) is 4.65. The molecule has 1 heterocycles. The van der Waals surface area contributed by atoms with Crippen LogP contribution in [0.5, 0.6) is 0 Å². The van der Waals surface area contributed by atoms with Crippen molar-refractivity contribution >= 4 is 22.6 Å². The molecule has 1 aromatic rings. The minimum Gasteiger partial charge on any atom is -0.330 e. The number of rotatable bonds is 5. The number of thioether (sulfide) groups is 1. The van der Waals surface area contributed by atoms with Gasteiger partial charge >= 0.3 is 0 Å². The van der Waals surface area contributed by atoms with Crippen LogP contribution in [0.1, 0.15) is 18.4 Å². The third kappa shape index (κ3) is 3.33. The van der Waals surface area contributed by atoms with Gasteiger partial charge in [-0.1, -0.05) is 25.1 Å². The lowest BCUT2D eigenvalue weighted by atomic mass is 10.0. The first kappa shape index (κ1) is 13.1. The summed E-state index contributed by atoms with van der Waals surface area (Å²) in [7, 11) is -0.740. The molecular weight excluding hydrogens is 250 g/mol. The predicted molar refractivity (Wildman–Crippen MR) is 76.0 cm³/mol. The SMILES string of the molecule is CC(CN)CS(=O)CC1CSc2ccccc21. The van der Waals surface area contributed by atoms with E-state index in [0.717, 1.165) is 17.3 Å². The minimum atomic E-state index is -0.740. The Morgan fingerprint density at radius 2 is 2.29 bits per heavy atom. The van der Waals surface area contributed by atoms with Crippen LogP contribution in [0.25, 0.3) is 0 Å². The van der Waals surface area contributed by atoms with Crippen molar-refractivity contribution < 1.29 is 4.21 Å². The van der Waals surface area contributed by atoms with E-state index in [1.54, 1.807) is 0 Å². The molecule has 1 aliphatic rings. The van der Waals surface area contributed by atoms with Crippen molar-refractivity contribution in [1.29, 1.82) is 0 Å². The second-order valence-corrected chi connectivity index (χ2v) is 7.27. The summed E-state index contributed by atoms with van der Waals surface area (Å²) in [6, 6.07) is 8.47. The first-order chi connectivity index (χ1) is 8.20. The standard InChI is InChI=1S/C13H19NOS2/c1-10(6-14)8-17(15)9-11-7-16-13-5-3-2-4-12(11)13/h2-5,10-11H,6-9,14H2,1H3. The summed E-state index contributed by atoms with van der Waals surface area (Å²) in [5, 5.41) is 0. The Morgan fingerprint density at radius 1 is 1.53 bits per heavy atom. The van der Waals surface area contributed by atoms with Crippen molar-refractivity contribution in [3.05, 3.63) is 29.8 Å². The molecule has 1 aliphatic heterocycles.